The van der Waals surface area contributed by atoms with Gasteiger partial charge in [0.1, 0.15) is 0 Å². The summed E-state index contributed by atoms with van der Waals surface area (Å²) >= 11 is 0. The van der Waals surface area contributed by atoms with Crippen molar-refractivity contribution in [3.63, 3.8) is 0 Å². The Morgan fingerprint density at radius 2 is 1.83 bits per heavy atom. The first kappa shape index (κ1) is 18.9. The van der Waals surface area contributed by atoms with Gasteiger partial charge in [0, 0.05) is 32.7 Å². The van der Waals surface area contributed by atoms with Crippen LogP contribution in [0.4, 0.5) is 0 Å². The summed E-state index contributed by atoms with van der Waals surface area (Å²) in [5.41, 5.74) is 2.29. The van der Waals surface area contributed by atoms with E-state index in [1.165, 1.54) is 16.1 Å². The molecule has 24 heavy (non-hydrogen) atoms. The van der Waals surface area contributed by atoms with Gasteiger partial charge in [0.05, 0.1) is 12.8 Å². The molecule has 1 aliphatic heterocycles. The second kappa shape index (κ2) is 8.09. The fourth-order valence-electron chi connectivity index (χ4n) is 2.88. The van der Waals surface area contributed by atoms with Gasteiger partial charge in [-0.05, 0) is 25.3 Å². The second-order valence-electron chi connectivity index (χ2n) is 6.55. The molecule has 1 aromatic rings. The molecular weight excluding hydrogens is 326 g/mol. The molecule has 1 saturated heterocycles. The summed E-state index contributed by atoms with van der Waals surface area (Å²) in [7, 11) is -1.52. The van der Waals surface area contributed by atoms with Crippen molar-refractivity contribution in [2.75, 3.05) is 32.9 Å². The van der Waals surface area contributed by atoms with Gasteiger partial charge in [0.15, 0.2) is 0 Å². The number of aryl methyl sites for hydroxylation is 1. The zero-order chi connectivity index (χ0) is 17.7. The van der Waals surface area contributed by atoms with Gasteiger partial charge < -0.3 is 5.32 Å². The molecule has 1 aliphatic rings. The summed E-state index contributed by atoms with van der Waals surface area (Å²) in [6.45, 7) is 4.41. The number of benzene rings is 1. The third-order valence-electron chi connectivity index (χ3n) is 4.57. The summed E-state index contributed by atoms with van der Waals surface area (Å²) in [5, 5.41) is 2.94. The lowest BCUT2D eigenvalue weighted by Gasteiger charge is -2.35. The first-order chi connectivity index (χ1) is 11.3. The van der Waals surface area contributed by atoms with E-state index in [1.807, 2.05) is 31.2 Å². The molecule has 1 heterocycles. The molecule has 0 bridgehead atoms. The molecule has 6 nitrogen and oxygen atoms in total. The van der Waals surface area contributed by atoms with Crippen molar-refractivity contribution >= 4 is 15.9 Å². The lowest BCUT2D eigenvalue weighted by molar-refractivity contribution is -0.122. The number of hydrogen-bond acceptors (Lipinski definition) is 4. The van der Waals surface area contributed by atoms with Crippen molar-refractivity contribution in [2.45, 2.75) is 32.4 Å². The molecule has 1 aromatic carbocycles. The maximum Gasteiger partial charge on any atom is 0.234 e. The van der Waals surface area contributed by atoms with Crippen LogP contribution in [-0.2, 0) is 21.4 Å². The highest BCUT2D eigenvalue weighted by Gasteiger charge is 2.27. The van der Waals surface area contributed by atoms with E-state index in [1.54, 1.807) is 7.05 Å². The van der Waals surface area contributed by atoms with E-state index in [2.05, 4.69) is 10.2 Å². The number of hydrogen-bond donors (Lipinski definition) is 1. The topological polar surface area (TPSA) is 69.7 Å². The molecule has 1 fully saturated rings. The van der Waals surface area contributed by atoms with Gasteiger partial charge in [-0.3, -0.25) is 9.69 Å². The van der Waals surface area contributed by atoms with E-state index in [9.17, 15) is 13.2 Å². The van der Waals surface area contributed by atoms with Gasteiger partial charge in [-0.2, -0.15) is 0 Å². The first-order valence-electron chi connectivity index (χ1n) is 8.23. The average molecular weight is 353 g/mol. The monoisotopic (exact) mass is 353 g/mol. The molecule has 1 amide bonds. The zero-order valence-electron chi connectivity index (χ0n) is 14.7. The number of amides is 1. The molecule has 0 unspecified atom stereocenters. The molecule has 134 valence electrons. The lowest BCUT2D eigenvalue weighted by Crippen LogP contribution is -2.47. The van der Waals surface area contributed by atoms with Crippen LogP contribution in [0.1, 0.15) is 24.0 Å². The maximum atomic E-state index is 12.1. The Labute approximate surface area is 144 Å². The van der Waals surface area contributed by atoms with Gasteiger partial charge in [0.2, 0.25) is 15.9 Å². The third kappa shape index (κ3) is 5.58. The normalized spacial score (nSPS) is 17.2. The second-order valence-corrected chi connectivity index (χ2v) is 8.59. The van der Waals surface area contributed by atoms with Crippen LogP contribution in [-0.4, -0.2) is 62.5 Å². The van der Waals surface area contributed by atoms with Crippen molar-refractivity contribution in [1.82, 2.24) is 14.5 Å². The zero-order valence-corrected chi connectivity index (χ0v) is 15.5. The van der Waals surface area contributed by atoms with E-state index in [0.717, 1.165) is 31.5 Å². The summed E-state index contributed by atoms with van der Waals surface area (Å²) in [5.74, 6) is 0.00509. The van der Waals surface area contributed by atoms with Crippen molar-refractivity contribution < 1.29 is 13.2 Å². The Kier molecular flexibility index (Phi) is 6.37. The summed E-state index contributed by atoms with van der Waals surface area (Å²) in [6, 6.07) is 8.13. The molecular formula is C17H27N3O3S. The number of carbonyl (C=O) groups excluding carboxylic acids is 1. The Morgan fingerprint density at radius 1 is 1.25 bits per heavy atom. The fraction of sp³-hybridized carbons (Fsp3) is 0.588. The number of likely N-dealkylation sites (tertiary alicyclic amines) is 1. The molecule has 0 spiro atoms. The van der Waals surface area contributed by atoms with Crippen molar-refractivity contribution in [2.24, 2.45) is 0 Å². The standard InChI is InChI=1S/C17H27N3O3S/c1-14-4-6-15(7-5-14)12-18-17(21)13-20-10-8-16(9-11-20)19(2)24(3,22)23/h4-7,16H,8-13H2,1-3H3,(H,18,21). The largest absolute Gasteiger partial charge is 0.351 e. The molecule has 0 aliphatic carbocycles. The number of piperidine rings is 1. The van der Waals surface area contributed by atoms with Crippen LogP contribution in [0.3, 0.4) is 0 Å². The van der Waals surface area contributed by atoms with Gasteiger partial charge in [-0.15, -0.1) is 0 Å². The molecule has 2 rings (SSSR count). The van der Waals surface area contributed by atoms with Crippen LogP contribution < -0.4 is 5.32 Å². The Balaban J connectivity index is 1.73. The quantitative estimate of drug-likeness (QED) is 0.827. The number of nitrogens with zero attached hydrogens (tertiary/aromatic N) is 2. The predicted octanol–water partition coefficient (Wildman–Crippen LogP) is 0.967. The number of rotatable bonds is 6. The van der Waals surface area contributed by atoms with Crippen LogP contribution in [0.2, 0.25) is 0 Å². The van der Waals surface area contributed by atoms with E-state index in [4.69, 9.17) is 0 Å². The molecule has 0 radical (unpaired) electrons. The first-order valence-corrected chi connectivity index (χ1v) is 10.1. The SMILES string of the molecule is Cc1ccc(CNC(=O)CN2CCC(N(C)S(C)(=O)=O)CC2)cc1. The predicted molar refractivity (Wildman–Crippen MR) is 95.1 cm³/mol. The smallest absolute Gasteiger partial charge is 0.234 e. The lowest BCUT2D eigenvalue weighted by atomic mass is 10.1. The Morgan fingerprint density at radius 3 is 2.38 bits per heavy atom. The molecule has 0 aromatic heterocycles. The van der Waals surface area contributed by atoms with Crippen LogP contribution in [0.5, 0.6) is 0 Å². The van der Waals surface area contributed by atoms with Crippen LogP contribution in [0, 0.1) is 6.92 Å². The Bertz CT molecular complexity index is 650. The van der Waals surface area contributed by atoms with E-state index in [0.29, 0.717) is 13.1 Å². The molecule has 0 saturated carbocycles. The van der Waals surface area contributed by atoms with Gasteiger partial charge in [0.25, 0.3) is 0 Å². The van der Waals surface area contributed by atoms with E-state index >= 15 is 0 Å². The van der Waals surface area contributed by atoms with Gasteiger partial charge >= 0.3 is 0 Å². The van der Waals surface area contributed by atoms with Crippen molar-refractivity contribution in [3.8, 4) is 0 Å². The van der Waals surface area contributed by atoms with E-state index < -0.39 is 10.0 Å². The fourth-order valence-corrected chi connectivity index (χ4v) is 3.63. The average Bonchev–Trinajstić information content (AvgIpc) is 2.53. The third-order valence-corrected chi connectivity index (χ3v) is 5.92. The number of carbonyl (C=O) groups is 1. The minimum absolute atomic E-state index is 0.00509. The maximum absolute atomic E-state index is 12.1. The minimum atomic E-state index is -3.15. The Hall–Kier alpha value is -1.44. The highest BCUT2D eigenvalue weighted by atomic mass is 32.2. The summed E-state index contributed by atoms with van der Waals surface area (Å²) < 4.78 is 24.6. The van der Waals surface area contributed by atoms with Gasteiger partial charge in [-0.1, -0.05) is 29.8 Å². The highest BCUT2D eigenvalue weighted by Crippen LogP contribution is 2.17. The van der Waals surface area contributed by atoms with Gasteiger partial charge in [-0.25, -0.2) is 12.7 Å². The molecule has 7 heteroatoms. The molecule has 0 atom stereocenters. The van der Waals surface area contributed by atoms with E-state index in [-0.39, 0.29) is 11.9 Å². The summed E-state index contributed by atoms with van der Waals surface area (Å²) in [4.78, 5) is 14.1. The summed E-state index contributed by atoms with van der Waals surface area (Å²) in [6.07, 6.45) is 2.75. The van der Waals surface area contributed by atoms with Crippen LogP contribution in [0.25, 0.3) is 0 Å². The van der Waals surface area contributed by atoms with Crippen molar-refractivity contribution in [1.29, 1.82) is 0 Å². The minimum Gasteiger partial charge on any atom is -0.351 e. The number of nitrogens with one attached hydrogen (secondary N) is 1. The van der Waals surface area contributed by atoms with Crippen molar-refractivity contribution in [3.05, 3.63) is 35.4 Å². The number of sulfonamides is 1. The molecule has 1 N–H and O–H groups in total. The van der Waals surface area contributed by atoms with Crippen LogP contribution in [0.15, 0.2) is 24.3 Å². The highest BCUT2D eigenvalue weighted by molar-refractivity contribution is 7.88. The van der Waals surface area contributed by atoms with Crippen LogP contribution >= 0.6 is 0 Å².